The lowest BCUT2D eigenvalue weighted by Gasteiger charge is -2.32. The summed E-state index contributed by atoms with van der Waals surface area (Å²) in [5.41, 5.74) is 5.84. The summed E-state index contributed by atoms with van der Waals surface area (Å²) >= 11 is 0. The van der Waals surface area contributed by atoms with Crippen molar-refractivity contribution in [2.24, 2.45) is 32.5 Å². The van der Waals surface area contributed by atoms with Crippen molar-refractivity contribution in [3.05, 3.63) is 0 Å². The first-order valence-corrected chi connectivity index (χ1v) is 16.6. The van der Waals surface area contributed by atoms with Gasteiger partial charge >= 0.3 is 19.6 Å². The number of nitrogens with zero attached hydrogens (tertiary/aromatic N) is 4. The quantitative estimate of drug-likeness (QED) is 0.116. The number of hydrogen-bond acceptors (Lipinski definition) is 15. The van der Waals surface area contributed by atoms with Gasteiger partial charge in [0.25, 0.3) is 0 Å². The van der Waals surface area contributed by atoms with Gasteiger partial charge in [-0.15, -0.1) is 0 Å². The molecule has 0 aromatic rings. The molecule has 0 saturated carbocycles. The minimum atomic E-state index is -4.28. The summed E-state index contributed by atoms with van der Waals surface area (Å²) in [6.07, 6.45) is -4.58. The number of hydrogen-bond donors (Lipinski definition) is 5. The zero-order chi connectivity index (χ0) is 33.6. The van der Waals surface area contributed by atoms with E-state index < -0.39 is 81.2 Å². The highest BCUT2D eigenvalue weighted by Crippen LogP contribution is 2.42. The minimum Gasteiger partial charge on any atom is -0.482 e. The average molecular weight is 662 g/mol. The Labute approximate surface area is 263 Å². The Hall–Kier alpha value is -2.66. The van der Waals surface area contributed by atoms with Crippen molar-refractivity contribution < 1.29 is 47.8 Å². The summed E-state index contributed by atoms with van der Waals surface area (Å²) < 4.78 is 41.9. The third-order valence-corrected chi connectivity index (χ3v) is 8.96. The first kappa shape index (κ1) is 36.8. The standard InChI is InChI=1S/C27H48N7O10P/c1-13(2)9-16(25(37)41-8)32-45(39,33-17(10-14(3)4)26(38)43-15(5)6)42-11-18-20(35)21(36)24(44-18)34-12-29-19-22(34)30-27(28)31-23(19)40-7/h12-22,24,35-36H,9-11H2,1-8H3,(H2,28,30)(H2,32,33,39)/t16-,17-,18+,19?,20?,21?,22?,24+,45?/m0/s1. The summed E-state index contributed by atoms with van der Waals surface area (Å²) in [5.74, 6) is -1.17. The normalized spacial score (nSPS) is 28.9. The molecule has 0 aromatic heterocycles. The summed E-state index contributed by atoms with van der Waals surface area (Å²) in [5, 5.41) is 27.4. The van der Waals surface area contributed by atoms with E-state index in [0.29, 0.717) is 0 Å². The second-order valence-electron chi connectivity index (χ2n) is 12.2. The first-order chi connectivity index (χ1) is 21.1. The van der Waals surface area contributed by atoms with E-state index >= 15 is 0 Å². The lowest BCUT2D eigenvalue weighted by atomic mass is 10.0. The number of aliphatic imine (C=N–C) groups is 3. The van der Waals surface area contributed by atoms with Crippen molar-refractivity contribution in [1.29, 1.82) is 0 Å². The Balaban J connectivity index is 1.83. The Bertz CT molecular complexity index is 1180. The van der Waals surface area contributed by atoms with Crippen LogP contribution in [0, 0.1) is 11.8 Å². The fourth-order valence-corrected chi connectivity index (χ4v) is 6.95. The monoisotopic (exact) mass is 661 g/mol. The van der Waals surface area contributed by atoms with Crippen molar-refractivity contribution >= 4 is 37.8 Å². The van der Waals surface area contributed by atoms with E-state index in [1.165, 1.54) is 25.5 Å². The van der Waals surface area contributed by atoms with Gasteiger partial charge in [-0.25, -0.2) is 15.2 Å². The van der Waals surface area contributed by atoms with Gasteiger partial charge in [-0.3, -0.25) is 19.1 Å². The van der Waals surface area contributed by atoms with Gasteiger partial charge in [0.2, 0.25) is 11.9 Å². The van der Waals surface area contributed by atoms with Crippen LogP contribution in [0.5, 0.6) is 0 Å². The SMILES string of the molecule is COC(=O)[C@H](CC(C)C)NP(=O)(N[C@@H](CC(C)C)C(=O)OC(C)C)OC[C@H]1O[C@@H](N2C=NC3C(OC)=NC(N)=NC32)C(O)C1O. The van der Waals surface area contributed by atoms with Crippen LogP contribution in [0.1, 0.15) is 54.4 Å². The molecule has 6 N–H and O–H groups in total. The number of aliphatic hydroxyl groups is 2. The van der Waals surface area contributed by atoms with E-state index in [4.69, 9.17) is 29.2 Å². The average Bonchev–Trinajstić information content (AvgIpc) is 3.49. The van der Waals surface area contributed by atoms with E-state index in [1.54, 1.807) is 13.8 Å². The third-order valence-electron chi connectivity index (χ3n) is 7.14. The second kappa shape index (κ2) is 15.8. The summed E-state index contributed by atoms with van der Waals surface area (Å²) in [6.45, 7) is 10.4. The van der Waals surface area contributed by atoms with E-state index in [2.05, 4.69) is 25.2 Å². The minimum absolute atomic E-state index is 0.00517. The molecule has 18 heteroatoms. The van der Waals surface area contributed by atoms with Crippen LogP contribution < -0.4 is 15.9 Å². The second-order valence-corrected chi connectivity index (χ2v) is 14.1. The fourth-order valence-electron chi connectivity index (χ4n) is 5.13. The molecule has 0 aromatic carbocycles. The zero-order valence-electron chi connectivity index (χ0n) is 27.0. The molecule has 9 atom stereocenters. The maximum Gasteiger partial charge on any atom is 0.342 e. The highest BCUT2D eigenvalue weighted by Gasteiger charge is 2.51. The van der Waals surface area contributed by atoms with Gasteiger partial charge in [-0.1, -0.05) is 27.7 Å². The number of carbonyl (C=O) groups is 2. The number of aliphatic hydroxyl groups excluding tert-OH is 2. The molecule has 3 aliphatic heterocycles. The van der Waals surface area contributed by atoms with Crippen molar-refractivity contribution in [1.82, 2.24) is 15.1 Å². The first-order valence-electron chi connectivity index (χ1n) is 15.0. The highest BCUT2D eigenvalue weighted by atomic mass is 31.2. The molecule has 1 saturated heterocycles. The van der Waals surface area contributed by atoms with E-state index in [0.717, 1.165) is 0 Å². The fraction of sp³-hybridized carbons (Fsp3) is 0.815. The predicted octanol–water partition coefficient (Wildman–Crippen LogP) is 0.103. The molecule has 45 heavy (non-hydrogen) atoms. The van der Waals surface area contributed by atoms with E-state index in [-0.39, 0.29) is 36.5 Å². The highest BCUT2D eigenvalue weighted by molar-refractivity contribution is 7.54. The van der Waals surface area contributed by atoms with Gasteiger partial charge in [-0.05, 0) is 38.5 Å². The molecule has 3 aliphatic rings. The van der Waals surface area contributed by atoms with Crippen LogP contribution in [0.25, 0.3) is 0 Å². The van der Waals surface area contributed by atoms with Crippen molar-refractivity contribution in [2.75, 3.05) is 20.8 Å². The molecule has 17 nitrogen and oxygen atoms in total. The smallest absolute Gasteiger partial charge is 0.342 e. The lowest BCUT2D eigenvalue weighted by Crippen LogP contribution is -2.51. The number of esters is 2. The van der Waals surface area contributed by atoms with Crippen LogP contribution in [0.15, 0.2) is 15.0 Å². The maximum atomic E-state index is 14.4. The van der Waals surface area contributed by atoms with Gasteiger partial charge in [-0.2, -0.15) is 4.99 Å². The molecule has 0 amide bonds. The number of methoxy groups -OCH3 is 2. The molecule has 0 radical (unpaired) electrons. The summed E-state index contributed by atoms with van der Waals surface area (Å²) in [6, 6.07) is -2.77. The molecule has 3 heterocycles. The van der Waals surface area contributed by atoms with Crippen LogP contribution in [-0.4, -0.2) is 121 Å². The van der Waals surface area contributed by atoms with Gasteiger partial charge < -0.3 is 44.3 Å². The van der Waals surface area contributed by atoms with Gasteiger partial charge in [0.15, 0.2) is 18.4 Å². The number of rotatable bonds is 15. The van der Waals surface area contributed by atoms with Crippen LogP contribution in [0.4, 0.5) is 0 Å². The molecule has 5 unspecified atom stereocenters. The Morgan fingerprint density at radius 1 is 1.04 bits per heavy atom. The number of nitrogens with one attached hydrogen (secondary N) is 2. The van der Waals surface area contributed by atoms with E-state index in [9.17, 15) is 24.4 Å². The number of fused-ring (bicyclic) bond motifs is 1. The van der Waals surface area contributed by atoms with Crippen molar-refractivity contribution in [3.8, 4) is 0 Å². The molecule has 3 rings (SSSR count). The molecule has 1 fully saturated rings. The molecule has 0 bridgehead atoms. The number of nitrogens with two attached hydrogens (primary N) is 1. The van der Waals surface area contributed by atoms with Crippen molar-refractivity contribution in [2.45, 2.75) is 109 Å². The zero-order valence-corrected chi connectivity index (χ0v) is 27.9. The predicted molar refractivity (Wildman–Crippen MR) is 164 cm³/mol. The van der Waals surface area contributed by atoms with Crippen LogP contribution in [0.3, 0.4) is 0 Å². The molecular formula is C27H48N7O10P. The Morgan fingerprint density at radius 3 is 2.18 bits per heavy atom. The lowest BCUT2D eigenvalue weighted by molar-refractivity contribution is -0.150. The van der Waals surface area contributed by atoms with Crippen LogP contribution in [-0.2, 0) is 37.6 Å². The number of guanidine groups is 1. The Morgan fingerprint density at radius 2 is 1.64 bits per heavy atom. The molecule has 0 aliphatic carbocycles. The topological polar surface area (TPSA) is 228 Å². The Kier molecular flexibility index (Phi) is 12.9. The molecule has 256 valence electrons. The van der Waals surface area contributed by atoms with Crippen molar-refractivity contribution in [3.63, 3.8) is 0 Å². The summed E-state index contributed by atoms with van der Waals surface area (Å²) in [4.78, 5) is 39.8. The maximum absolute atomic E-state index is 14.4. The van der Waals surface area contributed by atoms with Gasteiger partial charge in [0, 0.05) is 0 Å². The third kappa shape index (κ3) is 9.44. The van der Waals surface area contributed by atoms with Gasteiger partial charge in [0.05, 0.1) is 33.3 Å². The van der Waals surface area contributed by atoms with Crippen LogP contribution >= 0.6 is 7.67 Å². The van der Waals surface area contributed by atoms with Crippen LogP contribution in [0.2, 0.25) is 0 Å². The number of carbonyl (C=O) groups excluding carboxylic acids is 2. The molecular weight excluding hydrogens is 613 g/mol. The van der Waals surface area contributed by atoms with Gasteiger partial charge in [0.1, 0.15) is 30.4 Å². The summed E-state index contributed by atoms with van der Waals surface area (Å²) in [7, 11) is -1.65. The largest absolute Gasteiger partial charge is 0.482 e. The van der Waals surface area contributed by atoms with E-state index in [1.807, 2.05) is 27.7 Å². The number of ether oxygens (including phenoxy) is 4. The molecule has 0 spiro atoms.